The fourth-order valence-electron chi connectivity index (χ4n) is 1.67. The first-order valence-electron chi connectivity index (χ1n) is 5.18. The lowest BCUT2D eigenvalue weighted by atomic mass is 10.0. The normalized spacial score (nSPS) is 23.7. The molecule has 2 atom stereocenters. The van der Waals surface area contributed by atoms with Crippen LogP contribution < -0.4 is 5.32 Å². The molecule has 2 rings (SSSR count). The zero-order valence-electron chi connectivity index (χ0n) is 9.11. The van der Waals surface area contributed by atoms with E-state index < -0.39 is 6.10 Å². The predicted molar refractivity (Wildman–Crippen MR) is 64.2 cm³/mol. The first kappa shape index (κ1) is 12.5. The first-order valence-corrected chi connectivity index (χ1v) is 5.93. The summed E-state index contributed by atoms with van der Waals surface area (Å²) in [5, 5.41) is 2.83. The molecule has 2 heterocycles. The topological polar surface area (TPSA) is 64.1 Å². The van der Waals surface area contributed by atoms with Crippen molar-refractivity contribution >= 4 is 34.8 Å². The summed E-state index contributed by atoms with van der Waals surface area (Å²) in [5.41, 5.74) is 0.225. The van der Waals surface area contributed by atoms with E-state index in [1.54, 1.807) is 0 Å². The third kappa shape index (κ3) is 2.68. The van der Waals surface area contributed by atoms with Gasteiger partial charge in [-0.2, -0.15) is 0 Å². The highest BCUT2D eigenvalue weighted by atomic mass is 35.5. The minimum absolute atomic E-state index is 0.115. The second-order valence-electron chi connectivity index (χ2n) is 3.88. The summed E-state index contributed by atoms with van der Waals surface area (Å²) >= 11 is 11.7. The fraction of sp³-hybridized carbons (Fsp3) is 0.500. The Bertz CT molecular complexity index is 421. The molecule has 17 heavy (non-hydrogen) atoms. The highest BCUT2D eigenvalue weighted by molar-refractivity contribution is 6.38. The maximum absolute atomic E-state index is 11.9. The Morgan fingerprint density at radius 3 is 2.65 bits per heavy atom. The van der Waals surface area contributed by atoms with E-state index in [-0.39, 0.29) is 27.8 Å². The van der Waals surface area contributed by atoms with Crippen molar-refractivity contribution < 1.29 is 9.53 Å². The number of anilines is 1. The standard InChI is InChI=1S/C10H11Cl2N3O2/c1-5-2-3-17-7(5)10(16)15-6-8(11)13-4-14-9(6)12/h4-5,7H,2-3H2,1H3,(H,15,16). The van der Waals surface area contributed by atoms with E-state index in [0.29, 0.717) is 6.61 Å². The molecule has 1 aromatic rings. The van der Waals surface area contributed by atoms with Crippen LogP contribution in [0.2, 0.25) is 10.3 Å². The van der Waals surface area contributed by atoms with E-state index in [4.69, 9.17) is 27.9 Å². The fourth-order valence-corrected chi connectivity index (χ4v) is 2.08. The van der Waals surface area contributed by atoms with E-state index in [1.807, 2.05) is 6.92 Å². The average Bonchev–Trinajstić information content (AvgIpc) is 2.70. The summed E-state index contributed by atoms with van der Waals surface area (Å²) in [6.45, 7) is 2.55. The molecule has 5 nitrogen and oxygen atoms in total. The number of amides is 1. The molecule has 0 aromatic carbocycles. The predicted octanol–water partition coefficient (Wildman–Crippen LogP) is 2.15. The molecule has 0 saturated carbocycles. The number of carbonyl (C=O) groups excluding carboxylic acids is 1. The molecule has 7 heteroatoms. The van der Waals surface area contributed by atoms with Gasteiger partial charge < -0.3 is 10.1 Å². The molecule has 0 spiro atoms. The lowest BCUT2D eigenvalue weighted by molar-refractivity contribution is -0.126. The molecule has 1 aliphatic heterocycles. The summed E-state index contributed by atoms with van der Waals surface area (Å²) in [6, 6.07) is 0. The van der Waals surface area contributed by atoms with Crippen LogP contribution in [0.1, 0.15) is 13.3 Å². The van der Waals surface area contributed by atoms with Crippen molar-refractivity contribution in [2.75, 3.05) is 11.9 Å². The van der Waals surface area contributed by atoms with Gasteiger partial charge in [-0.15, -0.1) is 0 Å². The van der Waals surface area contributed by atoms with Crippen LogP contribution in [0.15, 0.2) is 6.33 Å². The van der Waals surface area contributed by atoms with Gasteiger partial charge in [-0.3, -0.25) is 4.79 Å². The molecule has 2 unspecified atom stereocenters. The van der Waals surface area contributed by atoms with E-state index in [1.165, 1.54) is 6.33 Å². The number of hydrogen-bond acceptors (Lipinski definition) is 4. The highest BCUT2D eigenvalue weighted by Crippen LogP contribution is 2.27. The molecule has 0 bridgehead atoms. The van der Waals surface area contributed by atoms with Gasteiger partial charge >= 0.3 is 0 Å². The van der Waals surface area contributed by atoms with Crippen molar-refractivity contribution in [2.24, 2.45) is 5.92 Å². The SMILES string of the molecule is CC1CCOC1C(=O)Nc1c(Cl)ncnc1Cl. The Kier molecular flexibility index (Phi) is 3.81. The largest absolute Gasteiger partial charge is 0.368 e. The minimum atomic E-state index is -0.470. The molecule has 1 aliphatic rings. The van der Waals surface area contributed by atoms with Crippen molar-refractivity contribution in [1.29, 1.82) is 0 Å². The van der Waals surface area contributed by atoms with Gasteiger partial charge in [0.2, 0.25) is 0 Å². The van der Waals surface area contributed by atoms with Crippen molar-refractivity contribution in [3.8, 4) is 0 Å². The number of hydrogen-bond donors (Lipinski definition) is 1. The van der Waals surface area contributed by atoms with E-state index >= 15 is 0 Å². The van der Waals surface area contributed by atoms with Crippen molar-refractivity contribution in [1.82, 2.24) is 9.97 Å². The molecule has 1 amide bonds. The third-order valence-electron chi connectivity index (χ3n) is 2.65. The Balaban J connectivity index is 2.13. The maximum atomic E-state index is 11.9. The highest BCUT2D eigenvalue weighted by Gasteiger charge is 2.31. The molecule has 0 aliphatic carbocycles. The Hall–Kier alpha value is -0.910. The number of aromatic nitrogens is 2. The van der Waals surface area contributed by atoms with Crippen LogP contribution in [0.3, 0.4) is 0 Å². The molecule has 1 fully saturated rings. The number of rotatable bonds is 2. The number of nitrogens with zero attached hydrogens (tertiary/aromatic N) is 2. The van der Waals surface area contributed by atoms with Crippen LogP contribution in [0, 0.1) is 5.92 Å². The third-order valence-corrected chi connectivity index (χ3v) is 3.22. The molecule has 1 N–H and O–H groups in total. The lowest BCUT2D eigenvalue weighted by Gasteiger charge is -2.15. The van der Waals surface area contributed by atoms with Gasteiger partial charge in [-0.1, -0.05) is 30.1 Å². The Labute approximate surface area is 108 Å². The van der Waals surface area contributed by atoms with E-state index in [9.17, 15) is 4.79 Å². The van der Waals surface area contributed by atoms with Crippen LogP contribution in [0.25, 0.3) is 0 Å². The van der Waals surface area contributed by atoms with Crippen molar-refractivity contribution in [3.05, 3.63) is 16.6 Å². The van der Waals surface area contributed by atoms with Gasteiger partial charge in [0, 0.05) is 6.61 Å². The summed E-state index contributed by atoms with van der Waals surface area (Å²) in [6.07, 6.45) is 1.63. The van der Waals surface area contributed by atoms with Crippen LogP contribution >= 0.6 is 23.2 Å². The van der Waals surface area contributed by atoms with Crippen LogP contribution in [-0.4, -0.2) is 28.6 Å². The first-order chi connectivity index (χ1) is 8.09. The smallest absolute Gasteiger partial charge is 0.253 e. The number of carbonyl (C=O) groups is 1. The number of ether oxygens (including phenoxy) is 1. The summed E-state index contributed by atoms with van der Waals surface area (Å²) in [5.74, 6) is -0.0919. The second kappa shape index (κ2) is 5.16. The summed E-state index contributed by atoms with van der Waals surface area (Å²) < 4.78 is 5.34. The molecule has 1 saturated heterocycles. The van der Waals surface area contributed by atoms with Gasteiger partial charge in [0.05, 0.1) is 0 Å². The minimum Gasteiger partial charge on any atom is -0.368 e. The van der Waals surface area contributed by atoms with Gasteiger partial charge in [-0.25, -0.2) is 9.97 Å². The Morgan fingerprint density at radius 2 is 2.12 bits per heavy atom. The zero-order chi connectivity index (χ0) is 12.4. The van der Waals surface area contributed by atoms with Crippen LogP contribution in [0.5, 0.6) is 0 Å². The number of halogens is 2. The van der Waals surface area contributed by atoms with Gasteiger partial charge in [0.1, 0.15) is 18.1 Å². The monoisotopic (exact) mass is 275 g/mol. The average molecular weight is 276 g/mol. The molecule has 0 radical (unpaired) electrons. The van der Waals surface area contributed by atoms with Gasteiger partial charge in [0.15, 0.2) is 10.3 Å². The lowest BCUT2D eigenvalue weighted by Crippen LogP contribution is -2.31. The number of nitrogens with one attached hydrogen (secondary N) is 1. The van der Waals surface area contributed by atoms with Crippen molar-refractivity contribution in [3.63, 3.8) is 0 Å². The zero-order valence-corrected chi connectivity index (χ0v) is 10.6. The van der Waals surface area contributed by atoms with E-state index in [0.717, 1.165) is 6.42 Å². The quantitative estimate of drug-likeness (QED) is 0.840. The Morgan fingerprint density at radius 1 is 1.47 bits per heavy atom. The van der Waals surface area contributed by atoms with Gasteiger partial charge in [-0.05, 0) is 12.3 Å². The van der Waals surface area contributed by atoms with E-state index in [2.05, 4.69) is 15.3 Å². The molecule has 1 aromatic heterocycles. The summed E-state index contributed by atoms with van der Waals surface area (Å²) in [7, 11) is 0. The molecular formula is C10H11Cl2N3O2. The summed E-state index contributed by atoms with van der Waals surface area (Å²) in [4.78, 5) is 19.4. The van der Waals surface area contributed by atoms with Crippen molar-refractivity contribution in [2.45, 2.75) is 19.4 Å². The second-order valence-corrected chi connectivity index (χ2v) is 4.59. The van der Waals surface area contributed by atoms with Crippen LogP contribution in [-0.2, 0) is 9.53 Å². The van der Waals surface area contributed by atoms with Crippen LogP contribution in [0.4, 0.5) is 5.69 Å². The van der Waals surface area contributed by atoms with Gasteiger partial charge in [0.25, 0.3) is 5.91 Å². The molecular weight excluding hydrogens is 265 g/mol. The maximum Gasteiger partial charge on any atom is 0.253 e. The molecule has 92 valence electrons.